The number of rotatable bonds is 6. The molecule has 2 N–H and O–H groups in total. The Hall–Kier alpha value is -2.90. The Bertz CT molecular complexity index is 981. The fourth-order valence-corrected chi connectivity index (χ4v) is 3.57. The fraction of sp³-hybridized carbons (Fsp3) is 0.333. The largest absolute Gasteiger partial charge is 0.497 e. The maximum Gasteiger partial charge on any atom is 0.221 e. The van der Waals surface area contributed by atoms with Crippen LogP contribution in [0.5, 0.6) is 5.75 Å². The summed E-state index contributed by atoms with van der Waals surface area (Å²) < 4.78 is 13.3. The second kappa shape index (κ2) is 8.00. The van der Waals surface area contributed by atoms with E-state index in [1.165, 1.54) is 6.92 Å². The van der Waals surface area contributed by atoms with Gasteiger partial charge in [0, 0.05) is 31.8 Å². The van der Waals surface area contributed by atoms with Crippen molar-refractivity contribution in [1.29, 1.82) is 0 Å². The molecule has 1 unspecified atom stereocenters. The number of imidazole rings is 1. The number of hydrogen-bond acceptors (Lipinski definition) is 5. The van der Waals surface area contributed by atoms with Gasteiger partial charge in [-0.3, -0.25) is 4.79 Å². The predicted molar refractivity (Wildman–Crippen MR) is 107 cm³/mol. The molecule has 7 nitrogen and oxygen atoms in total. The molecule has 4 rings (SSSR count). The number of benzene rings is 2. The lowest BCUT2D eigenvalue weighted by Gasteiger charge is -2.26. The molecular weight excluding hydrogens is 356 g/mol. The van der Waals surface area contributed by atoms with Crippen LogP contribution in [0, 0.1) is 0 Å². The van der Waals surface area contributed by atoms with Gasteiger partial charge in [-0.2, -0.15) is 0 Å². The molecule has 3 aromatic rings. The first-order valence-electron chi connectivity index (χ1n) is 9.34. The average molecular weight is 380 g/mol. The summed E-state index contributed by atoms with van der Waals surface area (Å²) in [5.74, 6) is 1.69. The van der Waals surface area contributed by atoms with Crippen molar-refractivity contribution >= 4 is 22.6 Å². The summed E-state index contributed by atoms with van der Waals surface area (Å²) in [6.45, 7) is 4.20. The molecular formula is C21H24N4O3. The highest BCUT2D eigenvalue weighted by atomic mass is 16.5. The van der Waals surface area contributed by atoms with Crippen molar-refractivity contribution in [2.24, 2.45) is 0 Å². The summed E-state index contributed by atoms with van der Waals surface area (Å²) in [7, 11) is 1.66. The molecule has 2 aromatic carbocycles. The van der Waals surface area contributed by atoms with E-state index < -0.39 is 0 Å². The highest BCUT2D eigenvalue weighted by Gasteiger charge is 2.23. The third-order valence-electron chi connectivity index (χ3n) is 4.86. The van der Waals surface area contributed by atoms with Crippen LogP contribution in [0.25, 0.3) is 11.0 Å². The second-order valence-electron chi connectivity index (χ2n) is 6.93. The third kappa shape index (κ3) is 3.85. The number of nitrogens with one attached hydrogen (secondary N) is 2. The standard InChI is InChI=1S/C21H24N4O3/c1-14(26)23-16-5-3-15(4-6-16)10-22-11-17-12-28-13-21-24-19-9-18(27-2)7-8-20(19)25(17)21/h3-9,17,22H,10-13H2,1-2H3,(H,23,26). The number of carbonyl (C=O) groups excluding carboxylic acids is 1. The summed E-state index contributed by atoms with van der Waals surface area (Å²) in [5, 5.41) is 6.29. The molecule has 0 saturated carbocycles. The first-order valence-corrected chi connectivity index (χ1v) is 9.34. The zero-order valence-corrected chi connectivity index (χ0v) is 16.1. The highest BCUT2D eigenvalue weighted by molar-refractivity contribution is 5.88. The van der Waals surface area contributed by atoms with Gasteiger partial charge in [-0.05, 0) is 29.8 Å². The average Bonchev–Trinajstić information content (AvgIpc) is 3.07. The third-order valence-corrected chi connectivity index (χ3v) is 4.86. The Morgan fingerprint density at radius 2 is 2.11 bits per heavy atom. The van der Waals surface area contributed by atoms with Crippen molar-refractivity contribution < 1.29 is 14.3 Å². The van der Waals surface area contributed by atoms with Crippen molar-refractivity contribution in [3.63, 3.8) is 0 Å². The minimum Gasteiger partial charge on any atom is -0.497 e. The molecule has 0 radical (unpaired) electrons. The molecule has 28 heavy (non-hydrogen) atoms. The van der Waals surface area contributed by atoms with E-state index in [0.29, 0.717) is 13.2 Å². The number of fused-ring (bicyclic) bond motifs is 3. The van der Waals surface area contributed by atoms with Gasteiger partial charge in [0.05, 0.1) is 30.8 Å². The molecule has 1 aliphatic heterocycles. The predicted octanol–water partition coefficient (Wildman–Crippen LogP) is 2.86. The van der Waals surface area contributed by atoms with E-state index >= 15 is 0 Å². The number of methoxy groups -OCH3 is 1. The Kier molecular flexibility index (Phi) is 5.27. The molecule has 1 amide bonds. The van der Waals surface area contributed by atoms with E-state index in [4.69, 9.17) is 14.5 Å². The molecule has 1 aliphatic rings. The number of nitrogens with zero attached hydrogens (tertiary/aromatic N) is 2. The van der Waals surface area contributed by atoms with Gasteiger partial charge in [0.1, 0.15) is 18.2 Å². The van der Waals surface area contributed by atoms with E-state index in [2.05, 4.69) is 21.3 Å². The Morgan fingerprint density at radius 1 is 1.29 bits per heavy atom. The van der Waals surface area contributed by atoms with Gasteiger partial charge in [0.2, 0.25) is 5.91 Å². The SMILES string of the molecule is COc1ccc2c(c1)nc1n2C(CNCc2ccc(NC(C)=O)cc2)COC1. The number of carbonyl (C=O) groups is 1. The van der Waals surface area contributed by atoms with Crippen molar-refractivity contribution in [2.45, 2.75) is 26.1 Å². The van der Waals surface area contributed by atoms with Gasteiger partial charge in [-0.25, -0.2) is 4.98 Å². The Morgan fingerprint density at radius 3 is 2.86 bits per heavy atom. The van der Waals surface area contributed by atoms with Crippen LogP contribution >= 0.6 is 0 Å². The van der Waals surface area contributed by atoms with Crippen LogP contribution in [0.2, 0.25) is 0 Å². The van der Waals surface area contributed by atoms with E-state index in [1.54, 1.807) is 7.11 Å². The number of anilines is 1. The molecule has 0 spiro atoms. The lowest BCUT2D eigenvalue weighted by Crippen LogP contribution is -2.32. The number of amides is 1. The van der Waals surface area contributed by atoms with Crippen LogP contribution < -0.4 is 15.4 Å². The van der Waals surface area contributed by atoms with Crippen molar-refractivity contribution in [3.05, 3.63) is 53.9 Å². The molecule has 0 bridgehead atoms. The van der Waals surface area contributed by atoms with E-state index in [9.17, 15) is 4.79 Å². The quantitative estimate of drug-likeness (QED) is 0.688. The zero-order valence-electron chi connectivity index (χ0n) is 16.1. The van der Waals surface area contributed by atoms with E-state index in [0.717, 1.165) is 46.9 Å². The second-order valence-corrected chi connectivity index (χ2v) is 6.93. The van der Waals surface area contributed by atoms with Crippen molar-refractivity contribution in [1.82, 2.24) is 14.9 Å². The fourth-order valence-electron chi connectivity index (χ4n) is 3.57. The summed E-state index contributed by atoms with van der Waals surface area (Å²) >= 11 is 0. The van der Waals surface area contributed by atoms with Gasteiger partial charge in [0.25, 0.3) is 0 Å². The summed E-state index contributed by atoms with van der Waals surface area (Å²) in [6, 6.07) is 14.0. The number of aromatic nitrogens is 2. The minimum absolute atomic E-state index is 0.0656. The summed E-state index contributed by atoms with van der Waals surface area (Å²) in [6.07, 6.45) is 0. The maximum absolute atomic E-state index is 11.1. The van der Waals surface area contributed by atoms with Crippen LogP contribution in [0.1, 0.15) is 24.4 Å². The van der Waals surface area contributed by atoms with Gasteiger partial charge in [-0.15, -0.1) is 0 Å². The first kappa shape index (κ1) is 18.5. The smallest absolute Gasteiger partial charge is 0.221 e. The van der Waals surface area contributed by atoms with Gasteiger partial charge in [0.15, 0.2) is 0 Å². The lowest BCUT2D eigenvalue weighted by atomic mass is 10.2. The van der Waals surface area contributed by atoms with E-state index in [-0.39, 0.29) is 11.9 Å². The molecule has 1 atom stereocenters. The summed E-state index contributed by atoms with van der Waals surface area (Å²) in [4.78, 5) is 15.8. The lowest BCUT2D eigenvalue weighted by molar-refractivity contribution is -0.114. The molecule has 146 valence electrons. The van der Waals surface area contributed by atoms with Crippen LogP contribution in [-0.4, -0.2) is 35.7 Å². The van der Waals surface area contributed by atoms with Gasteiger partial charge < -0.3 is 24.7 Å². The van der Waals surface area contributed by atoms with Crippen LogP contribution in [-0.2, 0) is 22.7 Å². The number of hydrogen-bond donors (Lipinski definition) is 2. The zero-order chi connectivity index (χ0) is 19.5. The van der Waals surface area contributed by atoms with E-state index in [1.807, 2.05) is 36.4 Å². The molecule has 0 aliphatic carbocycles. The number of ether oxygens (including phenoxy) is 2. The first-order chi connectivity index (χ1) is 13.6. The summed E-state index contributed by atoms with van der Waals surface area (Å²) in [5.41, 5.74) is 4.00. The maximum atomic E-state index is 11.1. The van der Waals surface area contributed by atoms with Crippen LogP contribution in [0.15, 0.2) is 42.5 Å². The molecule has 2 heterocycles. The van der Waals surface area contributed by atoms with Crippen LogP contribution in [0.4, 0.5) is 5.69 Å². The highest BCUT2D eigenvalue weighted by Crippen LogP contribution is 2.28. The van der Waals surface area contributed by atoms with Gasteiger partial charge in [-0.1, -0.05) is 12.1 Å². The molecule has 0 fully saturated rings. The van der Waals surface area contributed by atoms with Crippen LogP contribution in [0.3, 0.4) is 0 Å². The minimum atomic E-state index is -0.0656. The molecule has 0 saturated heterocycles. The van der Waals surface area contributed by atoms with Crippen molar-refractivity contribution in [3.8, 4) is 5.75 Å². The normalized spacial score (nSPS) is 16.0. The van der Waals surface area contributed by atoms with Crippen molar-refractivity contribution in [2.75, 3.05) is 25.6 Å². The van der Waals surface area contributed by atoms with Gasteiger partial charge >= 0.3 is 0 Å². The monoisotopic (exact) mass is 380 g/mol. The Balaban J connectivity index is 1.43. The Labute approximate surface area is 163 Å². The molecule has 7 heteroatoms. The molecule has 1 aromatic heterocycles. The topological polar surface area (TPSA) is 77.4 Å².